The van der Waals surface area contributed by atoms with Gasteiger partial charge in [0, 0.05) is 22.6 Å². The first-order valence-corrected chi connectivity index (χ1v) is 11.6. The van der Waals surface area contributed by atoms with Gasteiger partial charge in [-0.1, -0.05) is 48.9 Å². The highest BCUT2D eigenvalue weighted by Crippen LogP contribution is 2.45. The molecule has 1 amide bonds. The number of aryl methyl sites for hydroxylation is 2. The highest BCUT2D eigenvalue weighted by molar-refractivity contribution is 7.91. The molecule has 1 aliphatic heterocycles. The molecule has 1 atom stereocenters. The van der Waals surface area contributed by atoms with Crippen molar-refractivity contribution in [3.63, 3.8) is 0 Å². The minimum atomic E-state index is -3.70. The Morgan fingerprint density at radius 2 is 1.75 bits per heavy atom. The summed E-state index contributed by atoms with van der Waals surface area (Å²) >= 11 is 1.40. The Balaban J connectivity index is 1.79. The number of carbonyl (C=O) groups is 1. The molecule has 1 aromatic heterocycles. The lowest BCUT2D eigenvalue weighted by Gasteiger charge is -2.24. The first kappa shape index (κ1) is 18.9. The Hall–Kier alpha value is -2.44. The highest BCUT2D eigenvalue weighted by Gasteiger charge is 2.34. The van der Waals surface area contributed by atoms with Crippen LogP contribution < -0.4 is 5.32 Å². The number of fused-ring (bicyclic) bond motifs is 1. The summed E-state index contributed by atoms with van der Waals surface area (Å²) in [5.74, 6) is -0.280. The van der Waals surface area contributed by atoms with Gasteiger partial charge in [-0.2, -0.15) is 0 Å². The number of rotatable bonds is 4. The predicted octanol–water partition coefficient (Wildman–Crippen LogP) is 4.93. The SMILES string of the molecule is CCc1ccc([C@@H]2CC(=O)Nc3c(S(=O)(=O)c4ccc(C)cc4)csc32)cc1. The molecule has 6 heteroatoms. The normalized spacial score (nSPS) is 16.5. The molecule has 1 aliphatic rings. The average Bonchev–Trinajstić information content (AvgIpc) is 3.12. The molecule has 1 N–H and O–H groups in total. The van der Waals surface area contributed by atoms with Gasteiger partial charge in [0.2, 0.25) is 15.7 Å². The molecule has 2 heterocycles. The third-order valence-electron chi connectivity index (χ3n) is 5.17. The van der Waals surface area contributed by atoms with Gasteiger partial charge in [-0.25, -0.2) is 8.42 Å². The Bertz CT molecular complexity index is 1130. The number of sulfone groups is 1. The third-order valence-corrected chi connectivity index (χ3v) is 8.21. The molecule has 0 aliphatic carbocycles. The Labute approximate surface area is 169 Å². The van der Waals surface area contributed by atoms with Gasteiger partial charge in [0.1, 0.15) is 4.90 Å². The molecule has 0 unspecified atom stereocenters. The lowest BCUT2D eigenvalue weighted by atomic mass is 9.90. The molecule has 3 aromatic rings. The monoisotopic (exact) mass is 411 g/mol. The number of nitrogens with one attached hydrogen (secondary N) is 1. The zero-order chi connectivity index (χ0) is 19.9. The second-order valence-corrected chi connectivity index (χ2v) is 9.89. The van der Waals surface area contributed by atoms with E-state index in [0.29, 0.717) is 12.1 Å². The van der Waals surface area contributed by atoms with Crippen LogP contribution >= 0.6 is 11.3 Å². The third kappa shape index (κ3) is 3.27. The highest BCUT2D eigenvalue weighted by atomic mass is 32.2. The van der Waals surface area contributed by atoms with Gasteiger partial charge in [0.15, 0.2) is 0 Å². The zero-order valence-electron chi connectivity index (χ0n) is 15.7. The Morgan fingerprint density at radius 1 is 1.07 bits per heavy atom. The molecule has 2 aromatic carbocycles. The van der Waals surface area contributed by atoms with Gasteiger partial charge < -0.3 is 5.32 Å². The maximum absolute atomic E-state index is 13.2. The van der Waals surface area contributed by atoms with Gasteiger partial charge in [0.05, 0.1) is 10.6 Å². The average molecular weight is 412 g/mol. The fourth-order valence-electron chi connectivity index (χ4n) is 3.50. The van der Waals surface area contributed by atoms with Crippen molar-refractivity contribution in [2.75, 3.05) is 5.32 Å². The summed E-state index contributed by atoms with van der Waals surface area (Å²) in [4.78, 5) is 13.7. The van der Waals surface area contributed by atoms with E-state index in [0.717, 1.165) is 22.4 Å². The van der Waals surface area contributed by atoms with E-state index < -0.39 is 9.84 Å². The first-order valence-electron chi connectivity index (χ1n) is 9.22. The summed E-state index contributed by atoms with van der Waals surface area (Å²) < 4.78 is 26.3. The molecule has 0 spiro atoms. The van der Waals surface area contributed by atoms with Gasteiger partial charge in [0.25, 0.3) is 0 Å². The van der Waals surface area contributed by atoms with Crippen LogP contribution in [0.25, 0.3) is 0 Å². The molecular weight excluding hydrogens is 390 g/mol. The molecule has 4 rings (SSSR count). The van der Waals surface area contributed by atoms with Crippen LogP contribution in [0.1, 0.15) is 40.8 Å². The molecule has 4 nitrogen and oxygen atoms in total. The van der Waals surface area contributed by atoms with Crippen LogP contribution in [0, 0.1) is 6.92 Å². The molecule has 144 valence electrons. The number of anilines is 1. The molecule has 0 saturated carbocycles. The number of hydrogen-bond donors (Lipinski definition) is 1. The van der Waals surface area contributed by atoms with Crippen molar-refractivity contribution >= 4 is 32.8 Å². The fourth-order valence-corrected chi connectivity index (χ4v) is 6.41. The van der Waals surface area contributed by atoms with E-state index in [4.69, 9.17) is 0 Å². The van der Waals surface area contributed by atoms with Crippen molar-refractivity contribution in [1.29, 1.82) is 0 Å². The molecule has 28 heavy (non-hydrogen) atoms. The van der Waals surface area contributed by atoms with Gasteiger partial charge in [-0.15, -0.1) is 11.3 Å². The van der Waals surface area contributed by atoms with Crippen LogP contribution in [0.15, 0.2) is 63.7 Å². The van der Waals surface area contributed by atoms with E-state index in [9.17, 15) is 13.2 Å². The summed E-state index contributed by atoms with van der Waals surface area (Å²) in [5.41, 5.74) is 3.70. The van der Waals surface area contributed by atoms with Crippen LogP contribution in [0.2, 0.25) is 0 Å². The van der Waals surface area contributed by atoms with E-state index in [1.807, 2.05) is 19.1 Å². The van der Waals surface area contributed by atoms with Crippen molar-refractivity contribution in [2.24, 2.45) is 0 Å². The molecule has 0 saturated heterocycles. The molecule has 0 bridgehead atoms. The predicted molar refractivity (Wildman–Crippen MR) is 112 cm³/mol. The van der Waals surface area contributed by atoms with Crippen LogP contribution in [0.4, 0.5) is 5.69 Å². The molecular formula is C22H21NO3S2. The minimum absolute atomic E-state index is 0.123. The van der Waals surface area contributed by atoms with Crippen LogP contribution in [-0.2, 0) is 21.1 Å². The number of amides is 1. The summed E-state index contributed by atoms with van der Waals surface area (Å²) in [6, 6.07) is 15.0. The van der Waals surface area contributed by atoms with Gasteiger partial charge in [-0.3, -0.25) is 4.79 Å². The van der Waals surface area contributed by atoms with E-state index >= 15 is 0 Å². The summed E-state index contributed by atoms with van der Waals surface area (Å²) in [5, 5.41) is 4.46. The topological polar surface area (TPSA) is 63.2 Å². The van der Waals surface area contributed by atoms with Crippen LogP contribution in [-0.4, -0.2) is 14.3 Å². The second-order valence-electron chi connectivity index (χ2n) is 7.06. The number of carbonyl (C=O) groups excluding carboxylic acids is 1. The fraction of sp³-hybridized carbons (Fsp3) is 0.227. The van der Waals surface area contributed by atoms with Crippen molar-refractivity contribution < 1.29 is 13.2 Å². The van der Waals surface area contributed by atoms with Gasteiger partial charge in [-0.05, 0) is 36.6 Å². The maximum Gasteiger partial charge on any atom is 0.225 e. The van der Waals surface area contributed by atoms with Crippen molar-refractivity contribution in [1.82, 2.24) is 0 Å². The second kappa shape index (κ2) is 7.18. The Kier molecular flexibility index (Phi) is 4.85. The number of thiophene rings is 1. The van der Waals surface area contributed by atoms with E-state index in [1.165, 1.54) is 16.9 Å². The number of hydrogen-bond acceptors (Lipinski definition) is 4. The zero-order valence-corrected chi connectivity index (χ0v) is 17.4. The standard InChI is InChI=1S/C22H21NO3S2/c1-3-15-6-8-16(9-7-15)18-12-20(24)23-21-19(13-27-22(18)21)28(25,26)17-10-4-14(2)5-11-17/h4-11,13,18H,3,12H2,1-2H3,(H,23,24)/t18-/m0/s1. The van der Waals surface area contributed by atoms with E-state index in [-0.39, 0.29) is 21.6 Å². The van der Waals surface area contributed by atoms with Crippen LogP contribution in [0.5, 0.6) is 0 Å². The largest absolute Gasteiger partial charge is 0.324 e. The first-order chi connectivity index (χ1) is 13.4. The Morgan fingerprint density at radius 3 is 2.39 bits per heavy atom. The summed E-state index contributed by atoms with van der Waals surface area (Å²) in [6.07, 6.45) is 1.28. The van der Waals surface area contributed by atoms with E-state index in [1.54, 1.807) is 29.6 Å². The van der Waals surface area contributed by atoms with Crippen LogP contribution in [0.3, 0.4) is 0 Å². The summed E-state index contributed by atoms with van der Waals surface area (Å²) in [6.45, 7) is 4.01. The minimum Gasteiger partial charge on any atom is -0.324 e. The quantitative estimate of drug-likeness (QED) is 0.662. The molecule has 0 radical (unpaired) electrons. The molecule has 0 fully saturated rings. The lowest BCUT2D eigenvalue weighted by molar-refractivity contribution is -0.116. The number of benzene rings is 2. The van der Waals surface area contributed by atoms with E-state index in [2.05, 4.69) is 24.4 Å². The lowest BCUT2D eigenvalue weighted by Crippen LogP contribution is -2.23. The maximum atomic E-state index is 13.2. The van der Waals surface area contributed by atoms with Crippen molar-refractivity contribution in [3.8, 4) is 0 Å². The van der Waals surface area contributed by atoms with Crippen molar-refractivity contribution in [2.45, 2.75) is 42.4 Å². The smallest absolute Gasteiger partial charge is 0.225 e. The van der Waals surface area contributed by atoms with Gasteiger partial charge >= 0.3 is 0 Å². The summed E-state index contributed by atoms with van der Waals surface area (Å²) in [7, 11) is -3.70. The van der Waals surface area contributed by atoms with Crippen molar-refractivity contribution in [3.05, 3.63) is 75.5 Å².